The molecule has 0 spiro atoms. The van der Waals surface area contributed by atoms with E-state index in [0.29, 0.717) is 6.42 Å². The van der Waals surface area contributed by atoms with Gasteiger partial charge in [-0.3, -0.25) is 9.59 Å². The number of benzene rings is 2. The largest absolute Gasteiger partial charge is 0.481 e. The van der Waals surface area contributed by atoms with E-state index in [-0.39, 0.29) is 48.9 Å². The number of amides is 2. The van der Waals surface area contributed by atoms with Crippen molar-refractivity contribution >= 4 is 18.0 Å². The zero-order valence-electron chi connectivity index (χ0n) is 20.1. The normalized spacial score (nSPS) is 23.2. The number of carboxylic acids is 1. The van der Waals surface area contributed by atoms with Crippen molar-refractivity contribution in [2.75, 3.05) is 6.61 Å². The zero-order chi connectivity index (χ0) is 24.7. The molecule has 3 unspecified atom stereocenters. The van der Waals surface area contributed by atoms with Crippen molar-refractivity contribution < 1.29 is 24.2 Å². The second-order valence-electron chi connectivity index (χ2n) is 10.3. The van der Waals surface area contributed by atoms with Crippen LogP contribution in [0.5, 0.6) is 0 Å². The topological polar surface area (TPSA) is 95.9 Å². The maximum atomic E-state index is 13.2. The van der Waals surface area contributed by atoms with E-state index in [4.69, 9.17) is 4.74 Å². The van der Waals surface area contributed by atoms with Crippen LogP contribution >= 0.6 is 0 Å². The first-order valence-electron chi connectivity index (χ1n) is 12.5. The molecule has 1 aliphatic carbocycles. The molecule has 2 aromatic carbocycles. The minimum atomic E-state index is -0.827. The second kappa shape index (κ2) is 9.36. The summed E-state index contributed by atoms with van der Waals surface area (Å²) in [7, 11) is 0. The number of nitrogens with one attached hydrogen (secondary N) is 1. The van der Waals surface area contributed by atoms with Gasteiger partial charge in [0.15, 0.2) is 0 Å². The summed E-state index contributed by atoms with van der Waals surface area (Å²) in [6, 6.07) is 15.7. The third-order valence-corrected chi connectivity index (χ3v) is 7.99. The zero-order valence-corrected chi connectivity index (χ0v) is 20.1. The fraction of sp³-hybridized carbons (Fsp3) is 0.464. The van der Waals surface area contributed by atoms with Crippen molar-refractivity contribution in [3.8, 4) is 11.1 Å². The van der Waals surface area contributed by atoms with E-state index in [2.05, 4.69) is 29.6 Å². The van der Waals surface area contributed by atoms with Crippen molar-refractivity contribution in [3.05, 3.63) is 59.7 Å². The predicted molar refractivity (Wildman–Crippen MR) is 131 cm³/mol. The van der Waals surface area contributed by atoms with Crippen LogP contribution in [0.15, 0.2) is 48.5 Å². The van der Waals surface area contributed by atoms with Gasteiger partial charge in [0.05, 0.1) is 5.92 Å². The van der Waals surface area contributed by atoms with Crippen LogP contribution in [-0.4, -0.2) is 52.7 Å². The number of aliphatic carboxylic acids is 1. The van der Waals surface area contributed by atoms with Gasteiger partial charge in [0, 0.05) is 30.5 Å². The molecule has 0 radical (unpaired) electrons. The standard InChI is InChI=1S/C28H32N2O5/c1-16(2)24(14-26(31)30-17-11-12-25(30)22(13-17)27(32)33)29-28(34)35-15-23-20-9-5-3-7-18(20)19-8-4-6-10-21(19)23/h3-10,16-17,22-25H,11-15H2,1-2H3,(H,29,34)(H,32,33)/t17?,22?,24-,25?/m1/s1. The third-order valence-electron chi connectivity index (χ3n) is 7.99. The molecule has 7 nitrogen and oxygen atoms in total. The highest BCUT2D eigenvalue weighted by molar-refractivity contribution is 5.82. The van der Waals surface area contributed by atoms with Gasteiger partial charge in [0.1, 0.15) is 6.61 Å². The van der Waals surface area contributed by atoms with Crippen molar-refractivity contribution in [1.29, 1.82) is 0 Å². The maximum absolute atomic E-state index is 13.2. The summed E-state index contributed by atoms with van der Waals surface area (Å²) in [4.78, 5) is 39.3. The quantitative estimate of drug-likeness (QED) is 0.617. The molecule has 2 aliphatic heterocycles. The third kappa shape index (κ3) is 4.28. The average Bonchev–Trinajstić information content (AvgIpc) is 3.52. The molecule has 3 aliphatic rings. The molecular formula is C28H32N2O5. The van der Waals surface area contributed by atoms with E-state index in [1.54, 1.807) is 4.90 Å². The Hall–Kier alpha value is -3.35. The van der Waals surface area contributed by atoms with Crippen LogP contribution < -0.4 is 5.32 Å². The summed E-state index contributed by atoms with van der Waals surface area (Å²) >= 11 is 0. The molecule has 2 N–H and O–H groups in total. The van der Waals surface area contributed by atoms with Gasteiger partial charge in [-0.15, -0.1) is 0 Å². The minimum Gasteiger partial charge on any atom is -0.481 e. The van der Waals surface area contributed by atoms with E-state index in [9.17, 15) is 19.5 Å². The van der Waals surface area contributed by atoms with E-state index in [0.717, 1.165) is 24.0 Å². The smallest absolute Gasteiger partial charge is 0.407 e. The molecule has 2 amide bonds. The number of carbonyl (C=O) groups excluding carboxylic acids is 2. The molecule has 5 rings (SSSR count). The molecular weight excluding hydrogens is 444 g/mol. The van der Waals surface area contributed by atoms with Gasteiger partial charge < -0.3 is 20.1 Å². The molecule has 2 fully saturated rings. The number of hydrogen-bond donors (Lipinski definition) is 2. The molecule has 2 bridgehead atoms. The van der Waals surface area contributed by atoms with Gasteiger partial charge >= 0.3 is 12.1 Å². The lowest BCUT2D eigenvalue weighted by atomic mass is 9.89. The summed E-state index contributed by atoms with van der Waals surface area (Å²) in [5, 5.41) is 12.4. The number of nitrogens with zero attached hydrogens (tertiary/aromatic N) is 1. The first kappa shape index (κ1) is 23.4. The summed E-state index contributed by atoms with van der Waals surface area (Å²) in [6.45, 7) is 4.13. The highest BCUT2D eigenvalue weighted by atomic mass is 16.5. The van der Waals surface area contributed by atoms with Gasteiger partial charge in [-0.2, -0.15) is 0 Å². The first-order valence-corrected chi connectivity index (χ1v) is 12.5. The molecule has 2 aromatic rings. The second-order valence-corrected chi connectivity index (χ2v) is 10.3. The van der Waals surface area contributed by atoms with Gasteiger partial charge in [-0.25, -0.2) is 4.79 Å². The number of carbonyl (C=O) groups is 3. The predicted octanol–water partition coefficient (Wildman–Crippen LogP) is 4.40. The Morgan fingerprint density at radius 1 is 1.03 bits per heavy atom. The molecule has 184 valence electrons. The number of ether oxygens (including phenoxy) is 1. The molecule has 2 saturated heterocycles. The summed E-state index contributed by atoms with van der Waals surface area (Å²) in [5.41, 5.74) is 4.63. The van der Waals surface area contributed by atoms with Gasteiger partial charge in [0.25, 0.3) is 0 Å². The lowest BCUT2D eigenvalue weighted by Gasteiger charge is -2.28. The van der Waals surface area contributed by atoms with E-state index >= 15 is 0 Å². The van der Waals surface area contributed by atoms with Crippen LogP contribution in [0.3, 0.4) is 0 Å². The molecule has 7 heteroatoms. The molecule has 0 aromatic heterocycles. The van der Waals surface area contributed by atoms with Crippen LogP contribution in [0.25, 0.3) is 11.1 Å². The molecule has 4 atom stereocenters. The highest BCUT2D eigenvalue weighted by Gasteiger charge is 2.51. The summed E-state index contributed by atoms with van der Waals surface area (Å²) < 4.78 is 5.68. The Kier molecular flexibility index (Phi) is 6.26. The summed E-state index contributed by atoms with van der Waals surface area (Å²) in [6.07, 6.45) is 1.72. The number of alkyl carbamates (subject to hydrolysis) is 1. The van der Waals surface area contributed by atoms with Crippen molar-refractivity contribution in [2.24, 2.45) is 11.8 Å². The van der Waals surface area contributed by atoms with Crippen LogP contribution in [0.2, 0.25) is 0 Å². The van der Waals surface area contributed by atoms with Crippen LogP contribution in [-0.2, 0) is 14.3 Å². The first-order chi connectivity index (χ1) is 16.8. The summed E-state index contributed by atoms with van der Waals surface area (Å²) in [5.74, 6) is -1.40. The van der Waals surface area contributed by atoms with Crippen molar-refractivity contribution in [1.82, 2.24) is 10.2 Å². The molecule has 2 heterocycles. The Morgan fingerprint density at radius 2 is 1.66 bits per heavy atom. The number of hydrogen-bond acceptors (Lipinski definition) is 4. The van der Waals surface area contributed by atoms with Gasteiger partial charge in [-0.05, 0) is 47.4 Å². The SMILES string of the molecule is CC(C)[C@@H](CC(=O)N1C2CCC1C(C(=O)O)C2)NC(=O)OCC1c2ccccc2-c2ccccc21. The highest BCUT2D eigenvalue weighted by Crippen LogP contribution is 2.45. The lowest BCUT2D eigenvalue weighted by molar-refractivity contribution is -0.143. The number of carboxylic acid groups (broad SMARTS) is 1. The Balaban J connectivity index is 1.21. The Morgan fingerprint density at radius 3 is 2.23 bits per heavy atom. The van der Waals surface area contributed by atoms with Crippen LogP contribution in [0.4, 0.5) is 4.79 Å². The van der Waals surface area contributed by atoms with Crippen LogP contribution in [0, 0.1) is 11.8 Å². The fourth-order valence-corrected chi connectivity index (χ4v) is 6.18. The maximum Gasteiger partial charge on any atom is 0.407 e. The minimum absolute atomic E-state index is 0.00383. The number of fused-ring (bicyclic) bond motifs is 5. The monoisotopic (exact) mass is 476 g/mol. The van der Waals surface area contributed by atoms with E-state index in [1.807, 2.05) is 38.1 Å². The van der Waals surface area contributed by atoms with Gasteiger partial charge in [0.2, 0.25) is 5.91 Å². The van der Waals surface area contributed by atoms with E-state index in [1.165, 1.54) is 11.1 Å². The van der Waals surface area contributed by atoms with Crippen molar-refractivity contribution in [2.45, 2.75) is 63.6 Å². The molecule has 35 heavy (non-hydrogen) atoms. The number of rotatable bonds is 7. The van der Waals surface area contributed by atoms with E-state index < -0.39 is 18.0 Å². The van der Waals surface area contributed by atoms with Crippen LogP contribution in [0.1, 0.15) is 56.6 Å². The average molecular weight is 477 g/mol. The lowest BCUT2D eigenvalue weighted by Crippen LogP contribution is -2.45. The Bertz CT molecular complexity index is 1100. The fourth-order valence-electron chi connectivity index (χ4n) is 6.18. The van der Waals surface area contributed by atoms with Gasteiger partial charge in [-0.1, -0.05) is 62.4 Å². The van der Waals surface area contributed by atoms with Crippen molar-refractivity contribution in [3.63, 3.8) is 0 Å². The Labute approximate surface area is 205 Å². The molecule has 0 saturated carbocycles.